The van der Waals surface area contributed by atoms with Gasteiger partial charge in [-0.2, -0.15) is 19.0 Å². The van der Waals surface area contributed by atoms with Crippen molar-refractivity contribution in [2.75, 3.05) is 10.6 Å². The summed E-state index contributed by atoms with van der Waals surface area (Å²) in [6, 6.07) is 13.9. The Kier molecular flexibility index (Phi) is 11.7. The third-order valence-corrected chi connectivity index (χ3v) is 7.96. The summed E-state index contributed by atoms with van der Waals surface area (Å²) in [4.78, 5) is 25.1. The zero-order valence-electron chi connectivity index (χ0n) is 28.5. The van der Waals surface area contributed by atoms with E-state index in [0.717, 1.165) is 10.9 Å². The first kappa shape index (κ1) is 40.1. The highest BCUT2D eigenvalue weighted by molar-refractivity contribution is 6.20. The summed E-state index contributed by atoms with van der Waals surface area (Å²) in [6.07, 6.45) is 2.41. The zero-order valence-corrected chi connectivity index (χ0v) is 29.3. The lowest BCUT2D eigenvalue weighted by molar-refractivity contribution is 0.0113. The van der Waals surface area contributed by atoms with Crippen molar-refractivity contribution in [2.24, 2.45) is 14.1 Å². The fraction of sp³-hybridized carbons (Fsp3) is 0.135. The van der Waals surface area contributed by atoms with Gasteiger partial charge in [-0.15, -0.1) is 0 Å². The van der Waals surface area contributed by atoms with Crippen LogP contribution in [0.4, 0.5) is 50.9 Å². The van der Waals surface area contributed by atoms with Gasteiger partial charge in [0.05, 0.1) is 11.1 Å². The number of halogens is 10. The fourth-order valence-corrected chi connectivity index (χ4v) is 5.47. The lowest BCUT2D eigenvalue weighted by atomic mass is 10.0. The molecule has 8 nitrogen and oxygen atoms in total. The molecule has 0 aliphatic heterocycles. The number of carbonyl (C=O) groups excluding carboxylic acids is 2. The number of aromatic nitrogens is 4. The van der Waals surface area contributed by atoms with Crippen molar-refractivity contribution in [1.82, 2.24) is 19.6 Å². The molecule has 2 aromatic heterocycles. The second-order valence-corrected chi connectivity index (χ2v) is 12.2. The maximum atomic E-state index is 14.1. The number of para-hydroxylation sites is 2. The van der Waals surface area contributed by atoms with E-state index in [1.807, 2.05) is 0 Å². The number of amides is 2. The van der Waals surface area contributed by atoms with Crippen LogP contribution in [0, 0.1) is 34.9 Å². The molecule has 2 amide bonds. The van der Waals surface area contributed by atoms with Gasteiger partial charge >= 0.3 is 0 Å². The Balaban J connectivity index is 0.000000211. The molecule has 2 heterocycles. The predicted octanol–water partition coefficient (Wildman–Crippen LogP) is 9.83. The van der Waals surface area contributed by atoms with Gasteiger partial charge < -0.3 is 10.6 Å². The van der Waals surface area contributed by atoms with Crippen molar-refractivity contribution in [1.29, 1.82) is 0 Å². The first-order valence-corrected chi connectivity index (χ1v) is 16.1. The van der Waals surface area contributed by atoms with Gasteiger partial charge in [0.1, 0.15) is 23.0 Å². The highest BCUT2D eigenvalue weighted by Crippen LogP contribution is 2.35. The third-order valence-electron chi connectivity index (χ3n) is 7.75. The van der Waals surface area contributed by atoms with E-state index in [1.54, 1.807) is 6.07 Å². The van der Waals surface area contributed by atoms with E-state index in [2.05, 4.69) is 20.8 Å². The number of carbonyl (C=O) groups is 2. The van der Waals surface area contributed by atoms with Crippen molar-refractivity contribution < 1.29 is 49.1 Å². The van der Waals surface area contributed by atoms with Crippen molar-refractivity contribution in [2.45, 2.75) is 18.5 Å². The summed E-state index contributed by atoms with van der Waals surface area (Å²) in [5.41, 5.74) is -3.66. The summed E-state index contributed by atoms with van der Waals surface area (Å²) in [7, 11) is 2.88. The molecule has 0 aliphatic rings. The minimum Gasteiger partial charge on any atom is -0.321 e. The third kappa shape index (κ3) is 9.00. The Morgan fingerprint density at radius 2 is 1.04 bits per heavy atom. The monoisotopic (exact) mass is 792 g/mol. The number of hydrogen-bond donors (Lipinski definition) is 2. The van der Waals surface area contributed by atoms with Crippen LogP contribution < -0.4 is 10.6 Å². The molecule has 0 fully saturated rings. The Bertz CT molecular complexity index is 2410. The van der Waals surface area contributed by atoms with E-state index in [0.29, 0.717) is 31.2 Å². The number of aryl methyl sites for hydroxylation is 2. The van der Waals surface area contributed by atoms with Crippen LogP contribution >= 0.6 is 11.6 Å². The van der Waals surface area contributed by atoms with Crippen molar-refractivity contribution in [3.05, 3.63) is 143 Å². The van der Waals surface area contributed by atoms with E-state index in [4.69, 9.17) is 11.6 Å². The second-order valence-electron chi connectivity index (χ2n) is 11.8. The molecule has 0 aliphatic carbocycles. The van der Waals surface area contributed by atoms with E-state index in [-0.39, 0.29) is 50.4 Å². The normalized spacial score (nSPS) is 11.8. The van der Waals surface area contributed by atoms with Crippen LogP contribution in [-0.4, -0.2) is 31.4 Å². The zero-order chi connectivity index (χ0) is 40.4. The molecule has 0 bridgehead atoms. The number of rotatable bonds is 8. The predicted molar refractivity (Wildman–Crippen MR) is 185 cm³/mol. The van der Waals surface area contributed by atoms with E-state index < -0.39 is 64.0 Å². The highest BCUT2D eigenvalue weighted by Gasteiger charge is 2.34. The van der Waals surface area contributed by atoms with E-state index >= 15 is 0 Å². The summed E-state index contributed by atoms with van der Waals surface area (Å²) in [6.45, 7) is 0.608. The summed E-state index contributed by atoms with van der Waals surface area (Å²) >= 11 is 5.40. The van der Waals surface area contributed by atoms with Gasteiger partial charge in [-0.05, 0) is 24.3 Å². The molecule has 1 unspecified atom stereocenters. The largest absolute Gasteiger partial charge is 0.321 e. The molecule has 2 N–H and O–H groups in total. The molecule has 286 valence electrons. The van der Waals surface area contributed by atoms with Gasteiger partial charge in [0, 0.05) is 79.2 Å². The van der Waals surface area contributed by atoms with Crippen LogP contribution in [0.1, 0.15) is 44.7 Å². The Labute approximate surface area is 311 Å². The molecule has 4 aromatic carbocycles. The first-order chi connectivity index (χ1) is 25.8. The van der Waals surface area contributed by atoms with Gasteiger partial charge in [0.2, 0.25) is 5.63 Å². The summed E-state index contributed by atoms with van der Waals surface area (Å²) in [5.74, 6) is -12.2. The molecule has 18 heteroatoms. The molecule has 0 saturated heterocycles. The Morgan fingerprint density at radius 1 is 0.636 bits per heavy atom. The lowest BCUT2D eigenvalue weighted by Crippen LogP contribution is -2.19. The average Bonchev–Trinajstić information content (AvgIpc) is 3.72. The molecule has 6 aromatic rings. The van der Waals surface area contributed by atoms with Gasteiger partial charge in [-0.1, -0.05) is 48.0 Å². The number of alkyl halides is 4. The van der Waals surface area contributed by atoms with Crippen molar-refractivity contribution in [3.8, 4) is 22.3 Å². The van der Waals surface area contributed by atoms with Crippen LogP contribution in [0.15, 0.2) is 85.2 Å². The van der Waals surface area contributed by atoms with Crippen molar-refractivity contribution >= 4 is 34.8 Å². The standard InChI is InChI=1S/C19H14F5N3O.C18H12ClF4N3O/c1-19(23,24)17-12(9-27(2)26-17)18(28)25-16-6-4-3-5-10(16)11-7-14(21)15(22)8-13(11)20;1-26-8-11(16(25-26)17(19)23)18(27)24-15-5-3-2-4-9(15)10-6-13(21)14(22)7-12(10)20/h3-9H,1-2H3,(H,25,28);2-8,17H,1H3,(H,24,27). The molecule has 0 spiro atoms. The van der Waals surface area contributed by atoms with Crippen LogP contribution in [0.25, 0.3) is 22.3 Å². The summed E-state index contributed by atoms with van der Waals surface area (Å²) < 4.78 is 125. The molecule has 0 saturated carbocycles. The maximum absolute atomic E-state index is 14.1. The van der Waals surface area contributed by atoms with Gasteiger partial charge in [-0.3, -0.25) is 19.0 Å². The highest BCUT2D eigenvalue weighted by atomic mass is 35.5. The SMILES string of the molecule is Cn1cc(C(=O)Nc2ccccc2-c2cc(F)c(F)cc2F)c(C(C)(F)F)n1.Cn1cc(C(=O)Nc2ccccc2-c2cc(F)c(F)cc2F)c(C(F)Cl)n1. The number of nitrogens with zero attached hydrogens (tertiary/aromatic N) is 4. The number of benzene rings is 4. The fourth-order valence-electron chi connectivity index (χ4n) is 5.31. The molecule has 1 atom stereocenters. The number of anilines is 2. The van der Waals surface area contributed by atoms with Crippen LogP contribution in [0.5, 0.6) is 0 Å². The number of nitrogens with one attached hydrogen (secondary N) is 2. The van der Waals surface area contributed by atoms with Crippen LogP contribution in [0.2, 0.25) is 0 Å². The average molecular weight is 793 g/mol. The maximum Gasteiger partial charge on any atom is 0.289 e. The molecular formula is C37H26ClF9N6O2. The second kappa shape index (κ2) is 16.1. The van der Waals surface area contributed by atoms with E-state index in [9.17, 15) is 49.1 Å². The minimum absolute atomic E-state index is 0.0339. The van der Waals surface area contributed by atoms with Gasteiger partial charge in [0.15, 0.2) is 23.3 Å². The molecule has 55 heavy (non-hydrogen) atoms. The molecule has 6 rings (SSSR count). The molecule has 0 radical (unpaired) electrons. The Hall–Kier alpha value is -6.10. The lowest BCUT2D eigenvalue weighted by Gasteiger charge is -2.13. The van der Waals surface area contributed by atoms with Crippen LogP contribution in [-0.2, 0) is 20.0 Å². The van der Waals surface area contributed by atoms with Gasteiger partial charge in [0.25, 0.3) is 17.7 Å². The first-order valence-electron chi connectivity index (χ1n) is 15.7. The van der Waals surface area contributed by atoms with E-state index in [1.165, 1.54) is 67.4 Å². The smallest absolute Gasteiger partial charge is 0.289 e. The quantitative estimate of drug-likeness (QED) is 0.0912. The van der Waals surface area contributed by atoms with Crippen molar-refractivity contribution in [3.63, 3.8) is 0 Å². The van der Waals surface area contributed by atoms with Crippen LogP contribution in [0.3, 0.4) is 0 Å². The topological polar surface area (TPSA) is 93.8 Å². The number of hydrogen-bond acceptors (Lipinski definition) is 4. The Morgan fingerprint density at radius 3 is 1.49 bits per heavy atom. The van der Waals surface area contributed by atoms with Gasteiger partial charge in [-0.25, -0.2) is 30.7 Å². The molecular weight excluding hydrogens is 767 g/mol. The minimum atomic E-state index is -3.36. The summed E-state index contributed by atoms with van der Waals surface area (Å²) in [5, 5.41) is 12.3.